The van der Waals surface area contributed by atoms with Crippen LogP contribution in [0.2, 0.25) is 0 Å². The van der Waals surface area contributed by atoms with Gasteiger partial charge in [0, 0.05) is 18.7 Å². The molecule has 1 aliphatic rings. The van der Waals surface area contributed by atoms with Crippen LogP contribution in [0.5, 0.6) is 0 Å². The van der Waals surface area contributed by atoms with Crippen LogP contribution in [-0.4, -0.2) is 41.6 Å². The fourth-order valence-corrected chi connectivity index (χ4v) is 3.08. The molecule has 6 nitrogen and oxygen atoms in total. The second-order valence-electron chi connectivity index (χ2n) is 6.61. The third-order valence-corrected chi connectivity index (χ3v) is 4.55. The van der Waals surface area contributed by atoms with E-state index in [9.17, 15) is 9.59 Å². The molecule has 0 aliphatic carbocycles. The summed E-state index contributed by atoms with van der Waals surface area (Å²) in [7, 11) is 0. The quantitative estimate of drug-likeness (QED) is 0.871. The summed E-state index contributed by atoms with van der Waals surface area (Å²) in [6, 6.07) is 7.72. The van der Waals surface area contributed by atoms with Crippen molar-refractivity contribution in [2.75, 3.05) is 26.2 Å². The number of rotatable bonds is 6. The highest BCUT2D eigenvalue weighted by Gasteiger charge is 2.13. The number of hydrogen-bond donors (Lipinski definition) is 1. The van der Waals surface area contributed by atoms with E-state index in [2.05, 4.69) is 10.2 Å². The number of piperidine rings is 1. The van der Waals surface area contributed by atoms with E-state index in [1.54, 1.807) is 6.20 Å². The summed E-state index contributed by atoms with van der Waals surface area (Å²) in [5.74, 6) is -0.205. The number of nitrogens with zero attached hydrogens (tertiary/aromatic N) is 2. The number of oxazole rings is 1. The molecule has 1 saturated heterocycles. The number of benzene rings is 1. The SMILES string of the molecule is Cc1ccc(-c2cn(CC(=O)NCCN3CCCCC3)c(=O)o2)cc1. The van der Waals surface area contributed by atoms with Crippen LogP contribution >= 0.6 is 0 Å². The largest absolute Gasteiger partial charge is 0.419 e. The van der Waals surface area contributed by atoms with Gasteiger partial charge in [-0.05, 0) is 32.9 Å². The summed E-state index contributed by atoms with van der Waals surface area (Å²) in [6.45, 7) is 5.67. The van der Waals surface area contributed by atoms with Gasteiger partial charge in [0.1, 0.15) is 6.54 Å². The Bertz CT molecular complexity index is 755. The Labute approximate surface area is 147 Å². The van der Waals surface area contributed by atoms with Crippen molar-refractivity contribution < 1.29 is 9.21 Å². The first-order valence-electron chi connectivity index (χ1n) is 8.88. The van der Waals surface area contributed by atoms with Crippen LogP contribution in [0.1, 0.15) is 24.8 Å². The molecule has 0 spiro atoms. The molecule has 3 rings (SSSR count). The first-order valence-corrected chi connectivity index (χ1v) is 8.88. The van der Waals surface area contributed by atoms with E-state index >= 15 is 0 Å². The van der Waals surface area contributed by atoms with Gasteiger partial charge in [0.2, 0.25) is 5.91 Å². The Morgan fingerprint density at radius 1 is 1.16 bits per heavy atom. The van der Waals surface area contributed by atoms with E-state index in [0.29, 0.717) is 12.3 Å². The van der Waals surface area contributed by atoms with Gasteiger partial charge < -0.3 is 14.6 Å². The Balaban J connectivity index is 1.52. The molecule has 6 heteroatoms. The molecule has 134 valence electrons. The minimum atomic E-state index is -0.512. The van der Waals surface area contributed by atoms with Crippen LogP contribution in [0.4, 0.5) is 0 Å². The lowest BCUT2D eigenvalue weighted by Gasteiger charge is -2.26. The highest BCUT2D eigenvalue weighted by atomic mass is 16.4. The summed E-state index contributed by atoms with van der Waals surface area (Å²) in [4.78, 5) is 26.4. The topological polar surface area (TPSA) is 67.5 Å². The molecule has 0 saturated carbocycles. The summed E-state index contributed by atoms with van der Waals surface area (Å²) in [5, 5.41) is 2.88. The summed E-state index contributed by atoms with van der Waals surface area (Å²) in [5.41, 5.74) is 1.96. The Kier molecular flexibility index (Phi) is 5.71. The molecule has 0 bridgehead atoms. The molecule has 0 radical (unpaired) electrons. The van der Waals surface area contributed by atoms with Crippen molar-refractivity contribution in [2.45, 2.75) is 32.7 Å². The van der Waals surface area contributed by atoms with Gasteiger partial charge in [0.25, 0.3) is 0 Å². The lowest BCUT2D eigenvalue weighted by molar-refractivity contribution is -0.121. The number of likely N-dealkylation sites (tertiary alicyclic amines) is 1. The normalized spacial score (nSPS) is 15.2. The molecule has 1 aromatic carbocycles. The van der Waals surface area contributed by atoms with Gasteiger partial charge >= 0.3 is 5.76 Å². The van der Waals surface area contributed by atoms with Crippen molar-refractivity contribution in [2.24, 2.45) is 0 Å². The average Bonchev–Trinajstić information content (AvgIpc) is 2.97. The minimum absolute atomic E-state index is 0.0196. The van der Waals surface area contributed by atoms with Crippen molar-refractivity contribution in [3.8, 4) is 11.3 Å². The lowest BCUT2D eigenvalue weighted by Crippen LogP contribution is -2.39. The molecule has 1 amide bonds. The smallest absolute Gasteiger partial charge is 0.408 e. The van der Waals surface area contributed by atoms with E-state index in [-0.39, 0.29) is 12.5 Å². The van der Waals surface area contributed by atoms with E-state index in [4.69, 9.17) is 4.42 Å². The number of hydrogen-bond acceptors (Lipinski definition) is 4. The van der Waals surface area contributed by atoms with Crippen LogP contribution in [0.25, 0.3) is 11.3 Å². The summed E-state index contributed by atoms with van der Waals surface area (Å²) >= 11 is 0. The van der Waals surface area contributed by atoms with Crippen LogP contribution in [-0.2, 0) is 11.3 Å². The zero-order valence-corrected chi connectivity index (χ0v) is 14.7. The third-order valence-electron chi connectivity index (χ3n) is 4.55. The molecule has 0 unspecified atom stereocenters. The highest BCUT2D eigenvalue weighted by molar-refractivity contribution is 5.75. The van der Waals surface area contributed by atoms with Crippen molar-refractivity contribution >= 4 is 5.91 Å². The molecule has 25 heavy (non-hydrogen) atoms. The van der Waals surface area contributed by atoms with Gasteiger partial charge in [-0.1, -0.05) is 36.2 Å². The van der Waals surface area contributed by atoms with Crippen LogP contribution < -0.4 is 11.1 Å². The third kappa shape index (κ3) is 4.82. The number of amides is 1. The van der Waals surface area contributed by atoms with Gasteiger partial charge in [0.15, 0.2) is 5.76 Å². The van der Waals surface area contributed by atoms with E-state index < -0.39 is 5.76 Å². The first-order chi connectivity index (χ1) is 12.1. The molecule has 2 heterocycles. The lowest BCUT2D eigenvalue weighted by atomic mass is 10.1. The summed E-state index contributed by atoms with van der Waals surface area (Å²) < 4.78 is 6.57. The van der Waals surface area contributed by atoms with Gasteiger partial charge in [0.05, 0.1) is 6.20 Å². The van der Waals surface area contributed by atoms with Crippen molar-refractivity contribution in [3.05, 3.63) is 46.6 Å². The zero-order valence-electron chi connectivity index (χ0n) is 14.7. The fraction of sp³-hybridized carbons (Fsp3) is 0.474. The van der Waals surface area contributed by atoms with Crippen LogP contribution in [0, 0.1) is 6.92 Å². The minimum Gasteiger partial charge on any atom is -0.408 e. The first kappa shape index (κ1) is 17.5. The zero-order chi connectivity index (χ0) is 17.6. The van der Waals surface area contributed by atoms with Crippen LogP contribution in [0.15, 0.2) is 39.7 Å². The average molecular weight is 343 g/mol. The monoisotopic (exact) mass is 343 g/mol. The molecule has 2 aromatic rings. The van der Waals surface area contributed by atoms with Crippen molar-refractivity contribution in [1.29, 1.82) is 0 Å². The van der Waals surface area contributed by atoms with Crippen molar-refractivity contribution in [3.63, 3.8) is 0 Å². The van der Waals surface area contributed by atoms with E-state index in [1.807, 2.05) is 31.2 Å². The fourth-order valence-electron chi connectivity index (χ4n) is 3.08. The Morgan fingerprint density at radius 2 is 1.88 bits per heavy atom. The predicted octanol–water partition coefficient (Wildman–Crippen LogP) is 2.02. The molecule has 1 N–H and O–H groups in total. The number of aromatic nitrogens is 1. The van der Waals surface area contributed by atoms with Crippen molar-refractivity contribution in [1.82, 2.24) is 14.8 Å². The number of aryl methyl sites for hydroxylation is 1. The molecule has 1 aliphatic heterocycles. The maximum atomic E-state index is 12.1. The van der Waals surface area contributed by atoms with E-state index in [1.165, 1.54) is 23.8 Å². The maximum Gasteiger partial charge on any atom is 0.419 e. The molecule has 1 aromatic heterocycles. The Morgan fingerprint density at radius 3 is 2.60 bits per heavy atom. The van der Waals surface area contributed by atoms with Gasteiger partial charge in [-0.3, -0.25) is 9.36 Å². The Hall–Kier alpha value is -2.34. The summed E-state index contributed by atoms with van der Waals surface area (Å²) in [6.07, 6.45) is 5.37. The molecule has 0 atom stereocenters. The molecular formula is C19H25N3O3. The van der Waals surface area contributed by atoms with Crippen LogP contribution in [0.3, 0.4) is 0 Å². The second kappa shape index (κ2) is 8.16. The maximum absolute atomic E-state index is 12.1. The standard InChI is InChI=1S/C19H25N3O3/c1-15-5-7-16(8-6-15)17-13-22(19(24)25-17)14-18(23)20-9-12-21-10-3-2-4-11-21/h5-8,13H,2-4,9-12,14H2,1H3,(H,20,23). The highest BCUT2D eigenvalue weighted by Crippen LogP contribution is 2.18. The van der Waals surface area contributed by atoms with E-state index in [0.717, 1.165) is 30.8 Å². The van der Waals surface area contributed by atoms with Gasteiger partial charge in [-0.15, -0.1) is 0 Å². The predicted molar refractivity (Wildman–Crippen MR) is 96.4 cm³/mol. The van der Waals surface area contributed by atoms with Gasteiger partial charge in [-0.2, -0.15) is 0 Å². The second-order valence-corrected chi connectivity index (χ2v) is 6.61. The number of carbonyl (C=O) groups is 1. The number of carbonyl (C=O) groups excluding carboxylic acids is 1. The molecular weight excluding hydrogens is 318 g/mol. The number of nitrogens with one attached hydrogen (secondary N) is 1. The van der Waals surface area contributed by atoms with Gasteiger partial charge in [-0.25, -0.2) is 4.79 Å². The molecule has 1 fully saturated rings.